The van der Waals surface area contributed by atoms with E-state index >= 15 is 0 Å². The van der Waals surface area contributed by atoms with Crippen LogP contribution in [0.3, 0.4) is 0 Å². The largest absolute Gasteiger partial charge is 0.492 e. The minimum absolute atomic E-state index is 0.0309. The number of carbonyl (C=O) groups is 1. The van der Waals surface area contributed by atoms with Gasteiger partial charge in [0.2, 0.25) is 12.7 Å². The first-order valence-electron chi connectivity index (χ1n) is 10.5. The lowest BCUT2D eigenvalue weighted by atomic mass is 10.1. The Bertz CT molecular complexity index is 881. The Labute approximate surface area is 177 Å². The zero-order valence-corrected chi connectivity index (χ0v) is 17.6. The average molecular weight is 412 g/mol. The molecule has 0 radical (unpaired) electrons. The molecule has 30 heavy (non-hydrogen) atoms. The molecule has 7 nitrogen and oxygen atoms in total. The summed E-state index contributed by atoms with van der Waals surface area (Å²) in [5.41, 5.74) is 2.13. The molecule has 0 bridgehead atoms. The van der Waals surface area contributed by atoms with Crippen molar-refractivity contribution in [2.24, 2.45) is 0 Å². The summed E-state index contributed by atoms with van der Waals surface area (Å²) in [6.45, 7) is 8.70. The van der Waals surface area contributed by atoms with Crippen molar-refractivity contribution < 1.29 is 19.0 Å². The van der Waals surface area contributed by atoms with Gasteiger partial charge in [0.25, 0.3) is 0 Å². The first-order valence-corrected chi connectivity index (χ1v) is 10.5. The van der Waals surface area contributed by atoms with Gasteiger partial charge in [0.15, 0.2) is 11.5 Å². The molecule has 160 valence electrons. The summed E-state index contributed by atoms with van der Waals surface area (Å²) in [5, 5.41) is 3.09. The zero-order chi connectivity index (χ0) is 20.9. The van der Waals surface area contributed by atoms with E-state index in [2.05, 4.69) is 21.2 Å². The van der Waals surface area contributed by atoms with Crippen LogP contribution in [-0.2, 0) is 4.79 Å². The lowest BCUT2D eigenvalue weighted by Gasteiger charge is -2.36. The maximum Gasteiger partial charge on any atom is 0.234 e. The van der Waals surface area contributed by atoms with Crippen molar-refractivity contribution in [3.05, 3.63) is 48.0 Å². The summed E-state index contributed by atoms with van der Waals surface area (Å²) in [4.78, 5) is 17.1. The summed E-state index contributed by atoms with van der Waals surface area (Å²) < 4.78 is 16.5. The van der Waals surface area contributed by atoms with Gasteiger partial charge in [0.1, 0.15) is 5.75 Å². The molecule has 0 aromatic heterocycles. The molecule has 4 rings (SSSR count). The minimum atomic E-state index is -0.0913. The Kier molecular flexibility index (Phi) is 6.28. The van der Waals surface area contributed by atoms with Gasteiger partial charge in [-0.15, -0.1) is 0 Å². The number of nitrogens with zero attached hydrogens (tertiary/aromatic N) is 2. The molecular formula is C23H29N3O4. The van der Waals surface area contributed by atoms with Crippen molar-refractivity contribution in [1.29, 1.82) is 0 Å². The highest BCUT2D eigenvalue weighted by Crippen LogP contribution is 2.34. The predicted octanol–water partition coefficient (Wildman–Crippen LogP) is 2.81. The van der Waals surface area contributed by atoms with Gasteiger partial charge in [0.05, 0.1) is 24.9 Å². The number of benzene rings is 2. The summed E-state index contributed by atoms with van der Waals surface area (Å²) in [6, 6.07) is 13.8. The van der Waals surface area contributed by atoms with E-state index < -0.39 is 0 Å². The topological polar surface area (TPSA) is 63.3 Å². The van der Waals surface area contributed by atoms with Gasteiger partial charge in [-0.3, -0.25) is 9.69 Å². The molecule has 1 unspecified atom stereocenters. The van der Waals surface area contributed by atoms with Crippen LogP contribution in [0, 0.1) is 0 Å². The fraction of sp³-hybridized carbons (Fsp3) is 0.435. The number of hydrogen-bond acceptors (Lipinski definition) is 6. The summed E-state index contributed by atoms with van der Waals surface area (Å²) in [5.74, 6) is 2.44. The monoisotopic (exact) mass is 411 g/mol. The van der Waals surface area contributed by atoms with Gasteiger partial charge < -0.3 is 24.4 Å². The smallest absolute Gasteiger partial charge is 0.234 e. The number of fused-ring (bicyclic) bond motifs is 1. The molecule has 0 spiro atoms. The fourth-order valence-electron chi connectivity index (χ4n) is 3.90. The third-order valence-electron chi connectivity index (χ3n) is 5.52. The first kappa shape index (κ1) is 20.3. The maximum absolute atomic E-state index is 12.6. The number of nitrogens with one attached hydrogen (secondary N) is 1. The van der Waals surface area contributed by atoms with Gasteiger partial charge in [-0.1, -0.05) is 18.2 Å². The SMILES string of the molecule is CCOc1ccccc1N1CCN(CC(=O)NC(C)c2ccc3c(c2)OCO3)CC1. The molecule has 1 atom stereocenters. The van der Waals surface area contributed by atoms with Crippen LogP contribution in [0.15, 0.2) is 42.5 Å². The summed E-state index contributed by atoms with van der Waals surface area (Å²) >= 11 is 0. The number of anilines is 1. The predicted molar refractivity (Wildman–Crippen MR) is 115 cm³/mol. The third kappa shape index (κ3) is 4.62. The van der Waals surface area contributed by atoms with Crippen LogP contribution < -0.4 is 24.4 Å². The molecule has 1 saturated heterocycles. The number of hydrogen-bond donors (Lipinski definition) is 1. The molecule has 1 N–H and O–H groups in total. The maximum atomic E-state index is 12.6. The first-order chi connectivity index (χ1) is 14.6. The second kappa shape index (κ2) is 9.26. The van der Waals surface area contributed by atoms with E-state index in [4.69, 9.17) is 14.2 Å². The molecule has 1 amide bonds. The van der Waals surface area contributed by atoms with Crippen LogP contribution in [0.2, 0.25) is 0 Å². The summed E-state index contributed by atoms with van der Waals surface area (Å²) in [6.07, 6.45) is 0. The van der Waals surface area contributed by atoms with Crippen molar-refractivity contribution >= 4 is 11.6 Å². The lowest BCUT2D eigenvalue weighted by molar-refractivity contribution is -0.123. The second-order valence-electron chi connectivity index (χ2n) is 7.57. The van der Waals surface area contributed by atoms with E-state index in [0.29, 0.717) is 13.2 Å². The van der Waals surface area contributed by atoms with Crippen LogP contribution in [0.5, 0.6) is 17.2 Å². The Morgan fingerprint density at radius 3 is 2.67 bits per heavy atom. The van der Waals surface area contributed by atoms with Crippen molar-refractivity contribution in [1.82, 2.24) is 10.2 Å². The van der Waals surface area contributed by atoms with Crippen LogP contribution >= 0.6 is 0 Å². The van der Waals surface area contributed by atoms with Gasteiger partial charge >= 0.3 is 0 Å². The lowest BCUT2D eigenvalue weighted by Crippen LogP contribution is -2.49. The molecule has 2 aromatic carbocycles. The second-order valence-corrected chi connectivity index (χ2v) is 7.57. The van der Waals surface area contributed by atoms with Gasteiger partial charge in [-0.2, -0.15) is 0 Å². The zero-order valence-electron chi connectivity index (χ0n) is 17.6. The van der Waals surface area contributed by atoms with E-state index in [-0.39, 0.29) is 18.7 Å². The molecule has 2 aliphatic heterocycles. The van der Waals surface area contributed by atoms with Crippen molar-refractivity contribution in [3.8, 4) is 17.2 Å². The Balaban J connectivity index is 1.27. The van der Waals surface area contributed by atoms with Crippen LogP contribution in [0.25, 0.3) is 0 Å². The normalized spacial score (nSPS) is 16.9. The van der Waals surface area contributed by atoms with Gasteiger partial charge in [-0.25, -0.2) is 0 Å². The van der Waals surface area contributed by atoms with Crippen molar-refractivity contribution in [2.45, 2.75) is 19.9 Å². The van der Waals surface area contributed by atoms with E-state index in [9.17, 15) is 4.79 Å². The summed E-state index contributed by atoms with van der Waals surface area (Å²) in [7, 11) is 0. The number of piperazine rings is 1. The van der Waals surface area contributed by atoms with E-state index in [1.165, 1.54) is 0 Å². The highest BCUT2D eigenvalue weighted by Gasteiger charge is 2.22. The molecule has 2 aromatic rings. The molecule has 0 saturated carbocycles. The molecular weight excluding hydrogens is 382 g/mol. The van der Waals surface area contributed by atoms with Crippen molar-refractivity contribution in [2.75, 3.05) is 51.0 Å². The quantitative estimate of drug-likeness (QED) is 0.756. The van der Waals surface area contributed by atoms with E-state index in [1.807, 2.05) is 50.2 Å². The number of rotatable bonds is 7. The molecule has 2 aliphatic rings. The highest BCUT2D eigenvalue weighted by atomic mass is 16.7. The average Bonchev–Trinajstić information content (AvgIpc) is 3.23. The number of carbonyl (C=O) groups excluding carboxylic acids is 1. The minimum Gasteiger partial charge on any atom is -0.492 e. The Morgan fingerprint density at radius 1 is 1.10 bits per heavy atom. The van der Waals surface area contributed by atoms with Gasteiger partial charge in [0, 0.05) is 26.2 Å². The Hall–Kier alpha value is -2.93. The molecule has 7 heteroatoms. The van der Waals surface area contributed by atoms with Crippen LogP contribution in [0.4, 0.5) is 5.69 Å². The molecule has 1 fully saturated rings. The van der Waals surface area contributed by atoms with Crippen LogP contribution in [0.1, 0.15) is 25.5 Å². The number of para-hydroxylation sites is 2. The third-order valence-corrected chi connectivity index (χ3v) is 5.52. The standard InChI is InChI=1S/C23H29N3O4/c1-3-28-20-7-5-4-6-19(20)26-12-10-25(11-13-26)15-23(27)24-17(2)18-8-9-21-22(14-18)30-16-29-21/h4-9,14,17H,3,10-13,15-16H2,1-2H3,(H,24,27). The fourth-order valence-corrected chi connectivity index (χ4v) is 3.90. The van der Waals surface area contributed by atoms with E-state index in [0.717, 1.165) is 54.7 Å². The highest BCUT2D eigenvalue weighted by molar-refractivity contribution is 5.78. The van der Waals surface area contributed by atoms with Gasteiger partial charge in [-0.05, 0) is 43.7 Å². The van der Waals surface area contributed by atoms with E-state index in [1.54, 1.807) is 0 Å². The van der Waals surface area contributed by atoms with Crippen LogP contribution in [-0.4, -0.2) is 56.9 Å². The molecule has 0 aliphatic carbocycles. The Morgan fingerprint density at radius 2 is 1.87 bits per heavy atom. The molecule has 2 heterocycles. The number of ether oxygens (including phenoxy) is 3. The number of amides is 1. The van der Waals surface area contributed by atoms with Crippen molar-refractivity contribution in [3.63, 3.8) is 0 Å².